The minimum atomic E-state index is -6.15. The molecule has 0 fully saturated rings. The molecule has 0 aliphatic carbocycles. The van der Waals surface area contributed by atoms with E-state index in [2.05, 4.69) is 0 Å². The van der Waals surface area contributed by atoms with Crippen LogP contribution in [0.4, 0.5) is 101 Å². The molecule has 0 aromatic heterocycles. The Kier molecular flexibility index (Phi) is 10.1. The molecule has 0 spiro atoms. The standard InChI is InChI=1S/C30H9BF23/c32-20-19(21(33)23(35)24(36)22(20)34)31(16-4-10(25(37,38)39)1-11(5-16)26(40,41)42,17-6-12(27(43,44)45)2-13(7-17)28(46,47)48)18-8-14(29(49,50)51)3-15(9-18)30(52,53)54/h1-9H/q-1. The second-order valence-corrected chi connectivity index (χ2v) is 11.4. The van der Waals surface area contributed by atoms with Crippen molar-refractivity contribution in [1.82, 2.24) is 0 Å². The van der Waals surface area contributed by atoms with Crippen LogP contribution in [0.15, 0.2) is 54.6 Å². The van der Waals surface area contributed by atoms with Crippen molar-refractivity contribution < 1.29 is 101 Å². The van der Waals surface area contributed by atoms with E-state index in [1.165, 1.54) is 0 Å². The smallest absolute Gasteiger partial charge is 0.207 e. The molecule has 4 rings (SSSR count). The van der Waals surface area contributed by atoms with Gasteiger partial charge in [0.05, 0.1) is 33.4 Å². The van der Waals surface area contributed by atoms with Gasteiger partial charge in [-0.2, -0.15) is 95.4 Å². The van der Waals surface area contributed by atoms with Gasteiger partial charge in [-0.05, 0) is 18.2 Å². The van der Waals surface area contributed by atoms with Crippen molar-refractivity contribution in [3.8, 4) is 0 Å². The van der Waals surface area contributed by atoms with Crippen LogP contribution in [0.2, 0.25) is 0 Å². The van der Waals surface area contributed by atoms with Crippen LogP contribution in [-0.2, 0) is 37.1 Å². The van der Waals surface area contributed by atoms with Gasteiger partial charge in [-0.25, -0.2) is 22.0 Å². The highest BCUT2D eigenvalue weighted by atomic mass is 19.4. The molecule has 0 bridgehead atoms. The first-order valence-electron chi connectivity index (χ1n) is 13.7. The highest BCUT2D eigenvalue weighted by Gasteiger charge is 2.48. The molecule has 0 saturated heterocycles. The molecule has 0 amide bonds. The molecule has 0 aliphatic heterocycles. The zero-order valence-electron chi connectivity index (χ0n) is 25.0. The highest BCUT2D eigenvalue weighted by molar-refractivity contribution is 7.20. The number of halogens is 23. The van der Waals surface area contributed by atoms with Gasteiger partial charge in [-0.1, -0.05) is 36.4 Å². The number of hydrogen-bond donors (Lipinski definition) is 0. The first-order chi connectivity index (χ1) is 24.1. The third-order valence-electron chi connectivity index (χ3n) is 8.01. The van der Waals surface area contributed by atoms with Crippen LogP contribution < -0.4 is 21.9 Å². The lowest BCUT2D eigenvalue weighted by Crippen LogP contribution is -2.77. The van der Waals surface area contributed by atoms with Crippen molar-refractivity contribution in [3.63, 3.8) is 0 Å². The third-order valence-corrected chi connectivity index (χ3v) is 8.01. The van der Waals surface area contributed by atoms with Gasteiger partial charge in [0.25, 0.3) is 0 Å². The Morgan fingerprint density at radius 2 is 0.426 bits per heavy atom. The fourth-order valence-electron chi connectivity index (χ4n) is 5.77. The fourth-order valence-corrected chi connectivity index (χ4v) is 5.77. The van der Waals surface area contributed by atoms with Gasteiger partial charge < -0.3 is 0 Å². The van der Waals surface area contributed by atoms with E-state index in [0.29, 0.717) is 0 Å². The molecule has 294 valence electrons. The van der Waals surface area contributed by atoms with Crippen LogP contribution in [0, 0.1) is 29.1 Å². The van der Waals surface area contributed by atoms with Gasteiger partial charge in [0, 0.05) is 0 Å². The summed E-state index contributed by atoms with van der Waals surface area (Å²) in [6.45, 7) is 0. The van der Waals surface area contributed by atoms with Crippen molar-refractivity contribution in [2.45, 2.75) is 37.1 Å². The van der Waals surface area contributed by atoms with Crippen molar-refractivity contribution in [2.24, 2.45) is 0 Å². The molecular weight excluding hydrogens is 808 g/mol. The monoisotopic (exact) mass is 817 g/mol. The van der Waals surface area contributed by atoms with E-state index in [0.717, 1.165) is 0 Å². The lowest BCUT2D eigenvalue weighted by Gasteiger charge is -2.46. The molecule has 0 atom stereocenters. The molecular formula is C30H9BF23-. The van der Waals surface area contributed by atoms with Crippen LogP contribution in [0.1, 0.15) is 33.4 Å². The maximum Gasteiger partial charge on any atom is 0.416 e. The van der Waals surface area contributed by atoms with Gasteiger partial charge in [-0.15, -0.1) is 5.46 Å². The molecule has 54 heavy (non-hydrogen) atoms. The molecule has 0 unspecified atom stereocenters. The van der Waals surface area contributed by atoms with Crippen molar-refractivity contribution in [1.29, 1.82) is 0 Å². The Balaban J connectivity index is 2.62. The van der Waals surface area contributed by atoms with E-state index < -0.39 is 182 Å². The minimum absolute atomic E-state index is 0.797. The summed E-state index contributed by atoms with van der Waals surface area (Å²) >= 11 is 0. The number of alkyl halides is 18. The van der Waals surface area contributed by atoms with Crippen LogP contribution in [0.3, 0.4) is 0 Å². The summed E-state index contributed by atoms with van der Waals surface area (Å²) in [5.74, 6) is -16.8. The zero-order valence-corrected chi connectivity index (χ0v) is 25.0. The molecule has 4 aromatic rings. The van der Waals surface area contributed by atoms with E-state index in [-0.39, 0.29) is 0 Å². The lowest BCUT2D eigenvalue weighted by molar-refractivity contribution is -0.144. The minimum Gasteiger partial charge on any atom is -0.207 e. The molecule has 0 aliphatic rings. The Hall–Kier alpha value is -4.67. The molecule has 4 aromatic carbocycles. The predicted molar refractivity (Wildman–Crippen MR) is 140 cm³/mol. The van der Waals surface area contributed by atoms with E-state index in [1.807, 2.05) is 0 Å². The second kappa shape index (κ2) is 13.0. The van der Waals surface area contributed by atoms with Gasteiger partial charge in [0.1, 0.15) is 17.8 Å². The quantitative estimate of drug-likeness (QED) is 0.0834. The van der Waals surface area contributed by atoms with Gasteiger partial charge in [0.15, 0.2) is 17.5 Å². The molecule has 24 heteroatoms. The SMILES string of the molecule is Fc1c(F)c(F)c([B-](c2cc(C(F)(F)F)cc(C(F)(F)F)c2)(c2cc(C(F)(F)F)cc(C(F)(F)F)c2)c2cc(C(F)(F)F)cc(C(F)(F)F)c2)c(F)c1F. The third kappa shape index (κ3) is 7.64. The van der Waals surface area contributed by atoms with E-state index in [1.54, 1.807) is 0 Å². The summed E-state index contributed by atoms with van der Waals surface area (Å²) in [5.41, 5.74) is -26.6. The van der Waals surface area contributed by atoms with Crippen LogP contribution in [-0.4, -0.2) is 6.15 Å². The lowest BCUT2D eigenvalue weighted by atomic mass is 9.12. The summed E-state index contributed by atoms with van der Waals surface area (Å²) in [5, 5.41) is 0. The Morgan fingerprint density at radius 3 is 0.593 bits per heavy atom. The Labute approximate surface area is 283 Å². The molecule has 0 N–H and O–H groups in total. The molecule has 0 nitrogen and oxygen atoms in total. The molecule has 0 radical (unpaired) electrons. The van der Waals surface area contributed by atoms with Crippen LogP contribution in [0.25, 0.3) is 0 Å². The van der Waals surface area contributed by atoms with Gasteiger partial charge in [0.2, 0.25) is 0 Å². The zero-order chi connectivity index (χ0) is 41.5. The molecule has 0 heterocycles. The van der Waals surface area contributed by atoms with Crippen LogP contribution in [0.5, 0.6) is 0 Å². The summed E-state index contributed by atoms with van der Waals surface area (Å²) < 4.78 is 329. The maximum absolute atomic E-state index is 15.9. The summed E-state index contributed by atoms with van der Waals surface area (Å²) in [4.78, 5) is 0. The van der Waals surface area contributed by atoms with Crippen molar-refractivity contribution in [2.75, 3.05) is 0 Å². The molecule has 0 saturated carbocycles. The van der Waals surface area contributed by atoms with Gasteiger partial charge in [-0.3, -0.25) is 0 Å². The van der Waals surface area contributed by atoms with Gasteiger partial charge >= 0.3 is 37.1 Å². The summed E-state index contributed by atoms with van der Waals surface area (Å²) in [6.07, 6.45) is -43.0. The topological polar surface area (TPSA) is 0 Å². The predicted octanol–water partition coefficient (Wildman–Crippen LogP) is 9.87. The van der Waals surface area contributed by atoms with Crippen LogP contribution >= 0.6 is 0 Å². The highest BCUT2D eigenvalue weighted by Crippen LogP contribution is 2.40. The van der Waals surface area contributed by atoms with E-state index >= 15 is 8.78 Å². The second-order valence-electron chi connectivity index (χ2n) is 11.4. The Morgan fingerprint density at radius 1 is 0.259 bits per heavy atom. The number of hydrogen-bond acceptors (Lipinski definition) is 0. The summed E-state index contributed by atoms with van der Waals surface area (Å²) in [7, 11) is 0. The normalized spacial score (nSPS) is 13.8. The maximum atomic E-state index is 15.9. The Bertz CT molecular complexity index is 1780. The first kappa shape index (κ1) is 42.1. The average Bonchev–Trinajstić information content (AvgIpc) is 3.01. The fraction of sp³-hybridized carbons (Fsp3) is 0.200. The largest absolute Gasteiger partial charge is 0.416 e. The number of rotatable bonds is 4. The van der Waals surface area contributed by atoms with Crippen molar-refractivity contribution in [3.05, 3.63) is 117 Å². The number of benzene rings is 4. The summed E-state index contributed by atoms with van der Waals surface area (Å²) in [6, 6.07) is -7.36. The average molecular weight is 817 g/mol. The van der Waals surface area contributed by atoms with Crippen molar-refractivity contribution >= 4 is 28.0 Å². The van der Waals surface area contributed by atoms with E-state index in [4.69, 9.17) is 0 Å². The first-order valence-corrected chi connectivity index (χ1v) is 13.7. The van der Waals surface area contributed by atoms with E-state index in [9.17, 15) is 92.2 Å².